The minimum atomic E-state index is -0.0887. The zero-order valence-corrected chi connectivity index (χ0v) is 15.2. The van der Waals surface area contributed by atoms with Gasteiger partial charge in [-0.2, -0.15) is 0 Å². The second-order valence-electron chi connectivity index (χ2n) is 6.23. The fourth-order valence-corrected chi connectivity index (χ4v) is 3.05. The van der Waals surface area contributed by atoms with Crippen LogP contribution in [0.5, 0.6) is 0 Å². The van der Waals surface area contributed by atoms with Crippen LogP contribution in [-0.4, -0.2) is 60.6 Å². The lowest BCUT2D eigenvalue weighted by atomic mass is 10.0. The van der Waals surface area contributed by atoms with Crippen molar-refractivity contribution >= 4 is 11.9 Å². The molecule has 0 unspecified atom stereocenters. The molecule has 1 fully saturated rings. The summed E-state index contributed by atoms with van der Waals surface area (Å²) in [5.41, 5.74) is 0. The molecule has 7 heteroatoms. The van der Waals surface area contributed by atoms with Crippen LogP contribution in [0.2, 0.25) is 0 Å². The maximum absolute atomic E-state index is 12.7. The molecule has 1 aliphatic heterocycles. The average Bonchev–Trinajstić information content (AvgIpc) is 3.12. The van der Waals surface area contributed by atoms with E-state index in [1.54, 1.807) is 13.2 Å². The van der Waals surface area contributed by atoms with Gasteiger partial charge in [0.1, 0.15) is 5.76 Å². The van der Waals surface area contributed by atoms with Crippen molar-refractivity contribution in [2.75, 3.05) is 32.8 Å². The Labute approximate surface area is 149 Å². The van der Waals surface area contributed by atoms with Crippen LogP contribution in [0.4, 0.5) is 4.79 Å². The van der Waals surface area contributed by atoms with Gasteiger partial charge in [-0.1, -0.05) is 0 Å². The van der Waals surface area contributed by atoms with Crippen molar-refractivity contribution in [3.05, 3.63) is 24.2 Å². The number of urea groups is 1. The third kappa shape index (κ3) is 6.08. The van der Waals surface area contributed by atoms with Crippen molar-refractivity contribution in [1.29, 1.82) is 0 Å². The number of rotatable bonds is 8. The summed E-state index contributed by atoms with van der Waals surface area (Å²) < 4.78 is 10.7. The number of likely N-dealkylation sites (tertiary alicyclic amines) is 1. The molecule has 1 saturated heterocycles. The lowest BCUT2D eigenvalue weighted by Crippen LogP contribution is -2.51. The minimum absolute atomic E-state index is 0.0887. The summed E-state index contributed by atoms with van der Waals surface area (Å²) in [4.78, 5) is 27.8. The second kappa shape index (κ2) is 10.1. The number of piperidine rings is 1. The van der Waals surface area contributed by atoms with Gasteiger partial charge in [0, 0.05) is 45.8 Å². The molecule has 1 aliphatic rings. The topological polar surface area (TPSA) is 75.0 Å². The highest BCUT2D eigenvalue weighted by molar-refractivity contribution is 5.75. The first-order valence-electron chi connectivity index (χ1n) is 9.02. The summed E-state index contributed by atoms with van der Waals surface area (Å²) in [5.74, 6) is 0.856. The first-order chi connectivity index (χ1) is 12.1. The summed E-state index contributed by atoms with van der Waals surface area (Å²) in [6.45, 7) is 7.27. The van der Waals surface area contributed by atoms with Gasteiger partial charge < -0.3 is 24.3 Å². The van der Waals surface area contributed by atoms with E-state index in [1.807, 2.05) is 28.9 Å². The summed E-state index contributed by atoms with van der Waals surface area (Å²) >= 11 is 0. The highest BCUT2D eigenvalue weighted by Gasteiger charge is 2.29. The Hall–Kier alpha value is -2.02. The Bertz CT molecular complexity index is 524. The second-order valence-corrected chi connectivity index (χ2v) is 6.23. The predicted molar refractivity (Wildman–Crippen MR) is 94.0 cm³/mol. The number of amides is 3. The van der Waals surface area contributed by atoms with E-state index >= 15 is 0 Å². The first kappa shape index (κ1) is 19.3. The first-order valence-corrected chi connectivity index (χ1v) is 9.02. The van der Waals surface area contributed by atoms with E-state index in [9.17, 15) is 9.59 Å². The molecule has 140 valence electrons. The standard InChI is InChI=1S/C18H29N3O4/c1-3-24-12-5-9-19-18(23)21(14-17-6-4-13-25-17)16-7-10-20(11-8-16)15(2)22/h4,6,13,16H,3,5,7-12,14H2,1-2H3,(H,19,23). The third-order valence-corrected chi connectivity index (χ3v) is 4.46. The maximum Gasteiger partial charge on any atom is 0.318 e. The van der Waals surface area contributed by atoms with Crippen LogP contribution in [0.15, 0.2) is 22.8 Å². The van der Waals surface area contributed by atoms with Crippen LogP contribution in [0.1, 0.15) is 38.9 Å². The molecule has 2 heterocycles. The van der Waals surface area contributed by atoms with E-state index in [2.05, 4.69) is 5.32 Å². The number of carbonyl (C=O) groups excluding carboxylic acids is 2. The molecule has 0 spiro atoms. The molecule has 25 heavy (non-hydrogen) atoms. The largest absolute Gasteiger partial charge is 0.467 e. The highest BCUT2D eigenvalue weighted by atomic mass is 16.5. The molecule has 2 rings (SSSR count). The Balaban J connectivity index is 1.91. The average molecular weight is 351 g/mol. The maximum atomic E-state index is 12.7. The Morgan fingerprint density at radius 2 is 2.16 bits per heavy atom. The van der Waals surface area contributed by atoms with Crippen molar-refractivity contribution in [2.24, 2.45) is 0 Å². The molecule has 0 atom stereocenters. The van der Waals surface area contributed by atoms with Crippen molar-refractivity contribution in [1.82, 2.24) is 15.1 Å². The van der Waals surface area contributed by atoms with E-state index in [0.29, 0.717) is 39.4 Å². The molecule has 0 aromatic carbocycles. The summed E-state index contributed by atoms with van der Waals surface area (Å²) in [5, 5.41) is 2.97. The SMILES string of the molecule is CCOCCCNC(=O)N(Cc1ccco1)C1CCN(C(C)=O)CC1. The van der Waals surface area contributed by atoms with Gasteiger partial charge in [-0.3, -0.25) is 4.79 Å². The quantitative estimate of drug-likeness (QED) is 0.729. The minimum Gasteiger partial charge on any atom is -0.467 e. The molecular weight excluding hydrogens is 322 g/mol. The molecule has 1 aromatic rings. The van der Waals surface area contributed by atoms with Crippen LogP contribution in [0, 0.1) is 0 Å². The van der Waals surface area contributed by atoms with Crippen molar-refractivity contribution < 1.29 is 18.7 Å². The molecule has 0 radical (unpaired) electrons. The van der Waals surface area contributed by atoms with Gasteiger partial charge in [-0.05, 0) is 38.3 Å². The molecule has 3 amide bonds. The smallest absolute Gasteiger partial charge is 0.318 e. The van der Waals surface area contributed by atoms with Crippen LogP contribution in [0.3, 0.4) is 0 Å². The van der Waals surface area contributed by atoms with E-state index in [4.69, 9.17) is 9.15 Å². The lowest BCUT2D eigenvalue weighted by molar-refractivity contribution is -0.130. The van der Waals surface area contributed by atoms with Crippen LogP contribution in [0.25, 0.3) is 0 Å². The molecule has 0 aliphatic carbocycles. The Morgan fingerprint density at radius 1 is 1.40 bits per heavy atom. The van der Waals surface area contributed by atoms with Gasteiger partial charge in [-0.25, -0.2) is 4.79 Å². The fraction of sp³-hybridized carbons (Fsp3) is 0.667. The number of hydrogen-bond acceptors (Lipinski definition) is 4. The van der Waals surface area contributed by atoms with E-state index in [0.717, 1.165) is 25.0 Å². The Kier molecular flexibility index (Phi) is 7.78. The Morgan fingerprint density at radius 3 is 2.76 bits per heavy atom. The zero-order valence-electron chi connectivity index (χ0n) is 15.2. The van der Waals surface area contributed by atoms with E-state index in [-0.39, 0.29) is 18.0 Å². The number of furan rings is 1. The van der Waals surface area contributed by atoms with Gasteiger partial charge in [0.15, 0.2) is 0 Å². The van der Waals surface area contributed by atoms with Crippen molar-refractivity contribution in [3.63, 3.8) is 0 Å². The summed E-state index contributed by atoms with van der Waals surface area (Å²) in [6, 6.07) is 3.72. The zero-order chi connectivity index (χ0) is 18.1. The molecule has 1 N–H and O–H groups in total. The fourth-order valence-electron chi connectivity index (χ4n) is 3.05. The molecule has 7 nitrogen and oxygen atoms in total. The van der Waals surface area contributed by atoms with E-state index < -0.39 is 0 Å². The molecule has 1 aromatic heterocycles. The highest BCUT2D eigenvalue weighted by Crippen LogP contribution is 2.19. The van der Waals surface area contributed by atoms with Gasteiger partial charge in [0.25, 0.3) is 0 Å². The third-order valence-electron chi connectivity index (χ3n) is 4.46. The van der Waals surface area contributed by atoms with Gasteiger partial charge >= 0.3 is 6.03 Å². The normalized spacial score (nSPS) is 15.2. The van der Waals surface area contributed by atoms with Crippen LogP contribution < -0.4 is 5.32 Å². The number of nitrogens with zero attached hydrogens (tertiary/aromatic N) is 2. The van der Waals surface area contributed by atoms with Gasteiger partial charge in [0.2, 0.25) is 5.91 Å². The van der Waals surface area contributed by atoms with Crippen LogP contribution in [-0.2, 0) is 16.1 Å². The van der Waals surface area contributed by atoms with E-state index in [1.165, 1.54) is 0 Å². The van der Waals surface area contributed by atoms with Crippen molar-refractivity contribution in [2.45, 2.75) is 45.7 Å². The molecule has 0 saturated carbocycles. The summed E-state index contributed by atoms with van der Waals surface area (Å²) in [6.07, 6.45) is 3.97. The van der Waals surface area contributed by atoms with Crippen LogP contribution >= 0.6 is 0 Å². The predicted octanol–water partition coefficient (Wildman–Crippen LogP) is 2.23. The van der Waals surface area contributed by atoms with Crippen molar-refractivity contribution in [3.8, 4) is 0 Å². The summed E-state index contributed by atoms with van der Waals surface area (Å²) in [7, 11) is 0. The molecular formula is C18H29N3O4. The van der Waals surface area contributed by atoms with Gasteiger partial charge in [0.05, 0.1) is 12.8 Å². The lowest BCUT2D eigenvalue weighted by Gasteiger charge is -2.38. The number of ether oxygens (including phenoxy) is 1. The van der Waals surface area contributed by atoms with Gasteiger partial charge in [-0.15, -0.1) is 0 Å². The monoisotopic (exact) mass is 351 g/mol. The molecule has 0 bridgehead atoms. The number of nitrogens with one attached hydrogen (secondary N) is 1. The number of carbonyl (C=O) groups is 2. The number of hydrogen-bond donors (Lipinski definition) is 1.